The van der Waals surface area contributed by atoms with Gasteiger partial charge in [-0.3, -0.25) is 4.79 Å². The second-order valence-corrected chi connectivity index (χ2v) is 3.40. The molecule has 0 saturated heterocycles. The zero-order valence-corrected chi connectivity index (χ0v) is 7.77. The van der Waals surface area contributed by atoms with Crippen LogP contribution in [0.4, 0.5) is 0 Å². The van der Waals surface area contributed by atoms with Gasteiger partial charge in [-0.1, -0.05) is 6.07 Å². The van der Waals surface area contributed by atoms with Gasteiger partial charge in [-0.15, -0.1) is 0 Å². The van der Waals surface area contributed by atoms with E-state index < -0.39 is 5.91 Å². The van der Waals surface area contributed by atoms with Crippen molar-refractivity contribution < 1.29 is 9.53 Å². The predicted molar refractivity (Wildman–Crippen MR) is 51.0 cm³/mol. The van der Waals surface area contributed by atoms with Crippen LogP contribution in [0, 0.1) is 0 Å². The van der Waals surface area contributed by atoms with E-state index in [-0.39, 0.29) is 11.8 Å². The number of ether oxygens (including phenoxy) is 1. The van der Waals surface area contributed by atoms with Gasteiger partial charge in [0.05, 0.1) is 0 Å². The number of nitrogens with two attached hydrogens (primary N) is 1. The number of carbonyl (C=O) groups is 1. The summed E-state index contributed by atoms with van der Waals surface area (Å²) in [4.78, 5) is 14.8. The Morgan fingerprint density at radius 3 is 2.86 bits per heavy atom. The van der Waals surface area contributed by atoms with Crippen molar-refractivity contribution in [3.8, 4) is 5.88 Å². The minimum atomic E-state index is -0.524. The van der Waals surface area contributed by atoms with Gasteiger partial charge in [0.2, 0.25) is 5.88 Å². The van der Waals surface area contributed by atoms with Gasteiger partial charge >= 0.3 is 0 Å². The first kappa shape index (κ1) is 8.99. The second-order valence-electron chi connectivity index (χ2n) is 3.40. The Kier molecular flexibility index (Phi) is 2.35. The van der Waals surface area contributed by atoms with Gasteiger partial charge in [-0.2, -0.15) is 0 Å². The van der Waals surface area contributed by atoms with Crippen molar-refractivity contribution >= 4 is 5.91 Å². The van der Waals surface area contributed by atoms with Crippen molar-refractivity contribution in [2.24, 2.45) is 5.73 Å². The highest BCUT2D eigenvalue weighted by atomic mass is 16.5. The zero-order chi connectivity index (χ0) is 9.97. The fraction of sp³-hybridized carbons (Fsp3) is 0.400. The highest BCUT2D eigenvalue weighted by Crippen LogP contribution is 2.23. The number of nitrogens with zero attached hydrogens (tertiary/aromatic N) is 1. The summed E-state index contributed by atoms with van der Waals surface area (Å²) in [5, 5.41) is 0. The summed E-state index contributed by atoms with van der Waals surface area (Å²) in [6.45, 7) is 0. The molecule has 1 saturated carbocycles. The third-order valence-corrected chi connectivity index (χ3v) is 2.32. The number of rotatable bonds is 3. The molecular weight excluding hydrogens is 180 g/mol. The minimum absolute atomic E-state index is 0.252. The van der Waals surface area contributed by atoms with E-state index in [4.69, 9.17) is 10.5 Å². The van der Waals surface area contributed by atoms with Crippen LogP contribution in [-0.2, 0) is 0 Å². The molecule has 0 bridgehead atoms. The first-order valence-corrected chi connectivity index (χ1v) is 4.69. The number of amides is 1. The van der Waals surface area contributed by atoms with Crippen LogP contribution in [0.15, 0.2) is 18.2 Å². The smallest absolute Gasteiger partial charge is 0.267 e. The van der Waals surface area contributed by atoms with Crippen molar-refractivity contribution in [1.82, 2.24) is 4.98 Å². The van der Waals surface area contributed by atoms with Crippen molar-refractivity contribution in [1.29, 1.82) is 0 Å². The van der Waals surface area contributed by atoms with E-state index in [1.807, 2.05) is 0 Å². The lowest BCUT2D eigenvalue weighted by molar-refractivity contribution is 0.0983. The molecule has 14 heavy (non-hydrogen) atoms. The van der Waals surface area contributed by atoms with Gasteiger partial charge in [0, 0.05) is 6.07 Å². The summed E-state index contributed by atoms with van der Waals surface area (Å²) in [5.41, 5.74) is 5.35. The molecule has 4 nitrogen and oxygen atoms in total. The first-order chi connectivity index (χ1) is 6.75. The molecule has 1 fully saturated rings. The van der Waals surface area contributed by atoms with E-state index in [0.717, 1.165) is 12.8 Å². The average Bonchev–Trinajstić information content (AvgIpc) is 2.12. The molecule has 2 N–H and O–H groups in total. The molecular formula is C10H12N2O2. The molecule has 1 aromatic heterocycles. The zero-order valence-electron chi connectivity index (χ0n) is 7.77. The lowest BCUT2D eigenvalue weighted by Crippen LogP contribution is -2.25. The third kappa shape index (κ3) is 1.84. The molecule has 1 aliphatic rings. The normalized spacial score (nSPS) is 16.0. The molecule has 0 aromatic carbocycles. The molecule has 1 aromatic rings. The van der Waals surface area contributed by atoms with Crippen LogP contribution in [0.2, 0.25) is 0 Å². The summed E-state index contributed by atoms with van der Waals surface area (Å²) in [5.74, 6) is -0.0324. The van der Waals surface area contributed by atoms with Crippen molar-refractivity contribution in [2.75, 3.05) is 0 Å². The molecule has 0 radical (unpaired) electrons. The summed E-state index contributed by atoms with van der Waals surface area (Å²) in [7, 11) is 0. The average molecular weight is 192 g/mol. The van der Waals surface area contributed by atoms with E-state index in [9.17, 15) is 4.79 Å². The maximum absolute atomic E-state index is 10.8. The first-order valence-electron chi connectivity index (χ1n) is 4.69. The fourth-order valence-corrected chi connectivity index (χ4v) is 1.28. The Morgan fingerprint density at radius 2 is 2.29 bits per heavy atom. The number of primary amides is 1. The van der Waals surface area contributed by atoms with Crippen LogP contribution in [0.1, 0.15) is 29.8 Å². The molecule has 0 spiro atoms. The summed E-state index contributed by atoms with van der Waals surface area (Å²) in [6.07, 6.45) is 3.62. The summed E-state index contributed by atoms with van der Waals surface area (Å²) >= 11 is 0. The van der Waals surface area contributed by atoms with Gasteiger partial charge in [0.1, 0.15) is 11.8 Å². The number of hydrogen-bond acceptors (Lipinski definition) is 3. The van der Waals surface area contributed by atoms with Crippen molar-refractivity contribution in [3.05, 3.63) is 23.9 Å². The Morgan fingerprint density at radius 1 is 1.50 bits per heavy atom. The molecule has 0 aliphatic heterocycles. The molecule has 2 rings (SSSR count). The van der Waals surface area contributed by atoms with Gasteiger partial charge in [-0.05, 0) is 25.3 Å². The van der Waals surface area contributed by atoms with Crippen LogP contribution < -0.4 is 10.5 Å². The second kappa shape index (κ2) is 3.65. The van der Waals surface area contributed by atoms with Gasteiger partial charge in [-0.25, -0.2) is 4.98 Å². The SMILES string of the molecule is NC(=O)c1cccc(OC2CCC2)n1. The quantitative estimate of drug-likeness (QED) is 0.780. The monoisotopic (exact) mass is 192 g/mol. The third-order valence-electron chi connectivity index (χ3n) is 2.32. The summed E-state index contributed by atoms with van der Waals surface area (Å²) < 4.78 is 5.52. The van der Waals surface area contributed by atoms with E-state index >= 15 is 0 Å². The molecule has 1 amide bonds. The number of aromatic nitrogens is 1. The Bertz CT molecular complexity index is 348. The highest BCUT2D eigenvalue weighted by Gasteiger charge is 2.19. The minimum Gasteiger partial charge on any atom is -0.474 e. The van der Waals surface area contributed by atoms with E-state index in [1.54, 1.807) is 18.2 Å². The van der Waals surface area contributed by atoms with Crippen LogP contribution in [0.5, 0.6) is 5.88 Å². The predicted octanol–water partition coefficient (Wildman–Crippen LogP) is 1.11. The maximum Gasteiger partial charge on any atom is 0.267 e. The van der Waals surface area contributed by atoms with Crippen LogP contribution in [-0.4, -0.2) is 17.0 Å². The lowest BCUT2D eigenvalue weighted by Gasteiger charge is -2.25. The number of carbonyl (C=O) groups excluding carboxylic acids is 1. The van der Waals surface area contributed by atoms with Gasteiger partial charge in [0.25, 0.3) is 5.91 Å². The molecule has 1 heterocycles. The highest BCUT2D eigenvalue weighted by molar-refractivity contribution is 5.90. The molecule has 4 heteroatoms. The van der Waals surface area contributed by atoms with E-state index in [1.165, 1.54) is 6.42 Å². The Labute approximate surface area is 82.1 Å². The number of hydrogen-bond donors (Lipinski definition) is 1. The van der Waals surface area contributed by atoms with E-state index in [0.29, 0.717) is 5.88 Å². The van der Waals surface area contributed by atoms with E-state index in [2.05, 4.69) is 4.98 Å². The van der Waals surface area contributed by atoms with Crippen LogP contribution in [0.25, 0.3) is 0 Å². The van der Waals surface area contributed by atoms with Crippen molar-refractivity contribution in [2.45, 2.75) is 25.4 Å². The number of pyridine rings is 1. The molecule has 1 aliphatic carbocycles. The largest absolute Gasteiger partial charge is 0.474 e. The van der Waals surface area contributed by atoms with Crippen LogP contribution >= 0.6 is 0 Å². The lowest BCUT2D eigenvalue weighted by atomic mass is 9.96. The van der Waals surface area contributed by atoms with Gasteiger partial charge in [0.15, 0.2) is 0 Å². The standard InChI is InChI=1S/C10H12N2O2/c11-10(13)8-5-2-6-9(12-8)14-7-3-1-4-7/h2,5-7H,1,3-4H2,(H2,11,13). The fourth-order valence-electron chi connectivity index (χ4n) is 1.28. The maximum atomic E-state index is 10.8. The molecule has 0 atom stereocenters. The Hall–Kier alpha value is -1.58. The molecule has 74 valence electrons. The topological polar surface area (TPSA) is 65.2 Å². The summed E-state index contributed by atoms with van der Waals surface area (Å²) in [6, 6.07) is 5.04. The molecule has 0 unspecified atom stereocenters. The van der Waals surface area contributed by atoms with Crippen molar-refractivity contribution in [3.63, 3.8) is 0 Å². The van der Waals surface area contributed by atoms with Crippen LogP contribution in [0.3, 0.4) is 0 Å². The Balaban J connectivity index is 2.09. The van der Waals surface area contributed by atoms with Gasteiger partial charge < -0.3 is 10.5 Å².